The van der Waals surface area contributed by atoms with Crippen LogP contribution in [-0.2, 0) is 13.1 Å². The number of nitrogens with zero attached hydrogens (tertiary/aromatic N) is 3. The Hall–Kier alpha value is -1.63. The summed E-state index contributed by atoms with van der Waals surface area (Å²) in [7, 11) is 1.73. The highest BCUT2D eigenvalue weighted by molar-refractivity contribution is 7.15. The molecule has 0 spiro atoms. The van der Waals surface area contributed by atoms with Gasteiger partial charge in [-0.2, -0.15) is 0 Å². The molecular formula is C16H22N4OS. The van der Waals surface area contributed by atoms with Crippen molar-refractivity contribution in [3.05, 3.63) is 40.9 Å². The van der Waals surface area contributed by atoms with E-state index in [1.54, 1.807) is 18.4 Å². The summed E-state index contributed by atoms with van der Waals surface area (Å²) in [4.78, 5) is 10.3. The molecule has 1 aliphatic rings. The number of hydrogen-bond donors (Lipinski definition) is 1. The minimum absolute atomic E-state index is 0.657. The average molecular weight is 318 g/mol. The van der Waals surface area contributed by atoms with Gasteiger partial charge < -0.3 is 10.5 Å². The maximum absolute atomic E-state index is 5.69. The van der Waals surface area contributed by atoms with Crippen LogP contribution in [0.4, 0.5) is 5.13 Å². The number of thiazole rings is 1. The van der Waals surface area contributed by atoms with Gasteiger partial charge in [0, 0.05) is 55.9 Å². The second-order valence-electron chi connectivity index (χ2n) is 5.53. The molecule has 118 valence electrons. The average Bonchev–Trinajstić information content (AvgIpc) is 2.95. The van der Waals surface area contributed by atoms with Crippen molar-refractivity contribution in [3.63, 3.8) is 0 Å². The van der Waals surface area contributed by atoms with E-state index in [1.165, 1.54) is 10.4 Å². The van der Waals surface area contributed by atoms with E-state index in [0.29, 0.717) is 5.13 Å². The number of piperazine rings is 1. The van der Waals surface area contributed by atoms with Crippen LogP contribution < -0.4 is 10.5 Å². The number of nitrogens with two attached hydrogens (primary N) is 1. The molecule has 22 heavy (non-hydrogen) atoms. The van der Waals surface area contributed by atoms with Crippen LogP contribution in [0.2, 0.25) is 0 Å². The van der Waals surface area contributed by atoms with Crippen molar-refractivity contribution in [1.29, 1.82) is 0 Å². The zero-order chi connectivity index (χ0) is 15.4. The number of methoxy groups -OCH3 is 1. The lowest BCUT2D eigenvalue weighted by Gasteiger charge is -2.34. The van der Waals surface area contributed by atoms with Crippen molar-refractivity contribution in [3.8, 4) is 5.75 Å². The van der Waals surface area contributed by atoms with Crippen molar-refractivity contribution < 1.29 is 4.74 Å². The van der Waals surface area contributed by atoms with Gasteiger partial charge in [-0.05, 0) is 6.07 Å². The van der Waals surface area contributed by atoms with Crippen LogP contribution in [0.5, 0.6) is 5.75 Å². The number of benzene rings is 1. The third-order valence-electron chi connectivity index (χ3n) is 4.00. The zero-order valence-electron chi connectivity index (χ0n) is 12.9. The zero-order valence-corrected chi connectivity index (χ0v) is 13.7. The highest BCUT2D eigenvalue weighted by atomic mass is 32.1. The van der Waals surface area contributed by atoms with Gasteiger partial charge in [-0.1, -0.05) is 18.2 Å². The van der Waals surface area contributed by atoms with Gasteiger partial charge in [0.25, 0.3) is 0 Å². The molecule has 1 saturated heterocycles. The lowest BCUT2D eigenvalue weighted by Crippen LogP contribution is -2.45. The molecule has 5 nitrogen and oxygen atoms in total. The molecule has 0 unspecified atom stereocenters. The maximum atomic E-state index is 5.69. The number of aromatic nitrogens is 1. The standard InChI is InChI=1S/C16H22N4OS/c1-21-15-5-3-2-4-13(15)11-19-6-8-20(9-7-19)12-14-10-18-16(17)22-14/h2-5,10H,6-9,11-12H2,1H3,(H2,17,18). The van der Waals surface area contributed by atoms with Gasteiger partial charge in [0.15, 0.2) is 5.13 Å². The number of anilines is 1. The number of nitrogen functional groups attached to an aromatic ring is 1. The molecule has 2 aromatic rings. The van der Waals surface area contributed by atoms with Crippen molar-refractivity contribution in [2.75, 3.05) is 39.0 Å². The SMILES string of the molecule is COc1ccccc1CN1CCN(Cc2cnc(N)s2)CC1. The largest absolute Gasteiger partial charge is 0.496 e. The Morgan fingerprint density at radius 3 is 2.45 bits per heavy atom. The predicted octanol–water partition coefficient (Wildman–Crippen LogP) is 2.05. The monoisotopic (exact) mass is 318 g/mol. The summed E-state index contributed by atoms with van der Waals surface area (Å²) in [6, 6.07) is 8.26. The van der Waals surface area contributed by atoms with E-state index in [-0.39, 0.29) is 0 Å². The lowest BCUT2D eigenvalue weighted by molar-refractivity contribution is 0.122. The first-order valence-corrected chi connectivity index (χ1v) is 8.33. The Kier molecular flexibility index (Phi) is 4.92. The van der Waals surface area contributed by atoms with Crippen LogP contribution in [0.3, 0.4) is 0 Å². The summed E-state index contributed by atoms with van der Waals surface area (Å²) in [6.07, 6.45) is 1.89. The molecule has 0 saturated carbocycles. The quantitative estimate of drug-likeness (QED) is 0.914. The summed E-state index contributed by atoms with van der Waals surface area (Å²) < 4.78 is 5.43. The molecule has 3 rings (SSSR count). The molecule has 1 fully saturated rings. The molecule has 2 heterocycles. The first-order valence-electron chi connectivity index (χ1n) is 7.51. The molecular weight excluding hydrogens is 296 g/mol. The van der Waals surface area contributed by atoms with Crippen LogP contribution >= 0.6 is 11.3 Å². The summed E-state index contributed by atoms with van der Waals surface area (Å²) in [5.74, 6) is 0.977. The van der Waals surface area contributed by atoms with Crippen molar-refractivity contribution in [1.82, 2.24) is 14.8 Å². The molecule has 0 aliphatic carbocycles. The van der Waals surface area contributed by atoms with Gasteiger partial charge in [-0.25, -0.2) is 4.98 Å². The fraction of sp³-hybridized carbons (Fsp3) is 0.438. The van der Waals surface area contributed by atoms with Gasteiger partial charge in [0.2, 0.25) is 0 Å². The van der Waals surface area contributed by atoms with Crippen LogP contribution in [0.15, 0.2) is 30.5 Å². The Morgan fingerprint density at radius 1 is 1.14 bits per heavy atom. The second kappa shape index (κ2) is 7.09. The molecule has 0 radical (unpaired) electrons. The molecule has 2 N–H and O–H groups in total. The Labute approximate surface area is 135 Å². The molecule has 0 atom stereocenters. The van der Waals surface area contributed by atoms with E-state index in [0.717, 1.165) is 45.0 Å². The first-order chi connectivity index (χ1) is 10.7. The Balaban J connectivity index is 1.51. The normalized spacial score (nSPS) is 16.8. The highest BCUT2D eigenvalue weighted by Crippen LogP contribution is 2.21. The van der Waals surface area contributed by atoms with Crippen LogP contribution in [-0.4, -0.2) is 48.1 Å². The third kappa shape index (κ3) is 3.76. The predicted molar refractivity (Wildman–Crippen MR) is 90.1 cm³/mol. The fourth-order valence-electron chi connectivity index (χ4n) is 2.80. The van der Waals surface area contributed by atoms with Gasteiger partial charge >= 0.3 is 0 Å². The number of hydrogen-bond acceptors (Lipinski definition) is 6. The Morgan fingerprint density at radius 2 is 1.82 bits per heavy atom. The van der Waals surface area contributed by atoms with Crippen molar-refractivity contribution in [2.45, 2.75) is 13.1 Å². The van der Waals surface area contributed by atoms with Gasteiger partial charge in [0.1, 0.15) is 5.75 Å². The van der Waals surface area contributed by atoms with E-state index >= 15 is 0 Å². The lowest BCUT2D eigenvalue weighted by atomic mass is 10.1. The van der Waals surface area contributed by atoms with Gasteiger partial charge in [-0.15, -0.1) is 11.3 Å². The highest BCUT2D eigenvalue weighted by Gasteiger charge is 2.18. The third-order valence-corrected chi connectivity index (χ3v) is 4.81. The van der Waals surface area contributed by atoms with E-state index in [9.17, 15) is 0 Å². The first kappa shape index (κ1) is 15.3. The fourth-order valence-corrected chi connectivity index (χ4v) is 3.52. The van der Waals surface area contributed by atoms with Crippen LogP contribution in [0, 0.1) is 0 Å². The van der Waals surface area contributed by atoms with Crippen LogP contribution in [0.1, 0.15) is 10.4 Å². The van der Waals surface area contributed by atoms with Crippen molar-refractivity contribution in [2.24, 2.45) is 0 Å². The molecule has 1 aliphatic heterocycles. The number of rotatable bonds is 5. The molecule has 6 heteroatoms. The smallest absolute Gasteiger partial charge is 0.180 e. The van der Waals surface area contributed by atoms with E-state index in [2.05, 4.69) is 26.9 Å². The Bertz CT molecular complexity index is 608. The molecule has 1 aromatic heterocycles. The van der Waals surface area contributed by atoms with Gasteiger partial charge in [-0.3, -0.25) is 9.80 Å². The topological polar surface area (TPSA) is 54.6 Å². The number of para-hydroxylation sites is 1. The summed E-state index contributed by atoms with van der Waals surface area (Å²) >= 11 is 1.58. The second-order valence-corrected chi connectivity index (χ2v) is 6.68. The molecule has 0 bridgehead atoms. The summed E-state index contributed by atoms with van der Waals surface area (Å²) in [5.41, 5.74) is 6.95. The van der Waals surface area contributed by atoms with E-state index in [4.69, 9.17) is 10.5 Å². The summed E-state index contributed by atoms with van der Waals surface area (Å²) in [6.45, 7) is 6.21. The van der Waals surface area contributed by atoms with E-state index < -0.39 is 0 Å². The molecule has 1 aromatic carbocycles. The summed E-state index contributed by atoms with van der Waals surface area (Å²) in [5, 5.41) is 0.657. The van der Waals surface area contributed by atoms with Crippen LogP contribution in [0.25, 0.3) is 0 Å². The molecule has 0 amide bonds. The van der Waals surface area contributed by atoms with E-state index in [1.807, 2.05) is 18.3 Å². The number of ether oxygens (including phenoxy) is 1. The van der Waals surface area contributed by atoms with Crippen molar-refractivity contribution >= 4 is 16.5 Å². The maximum Gasteiger partial charge on any atom is 0.180 e. The minimum atomic E-state index is 0.657. The minimum Gasteiger partial charge on any atom is -0.496 e. The van der Waals surface area contributed by atoms with Gasteiger partial charge in [0.05, 0.1) is 7.11 Å².